The maximum Gasteiger partial charge on any atom is 0.265 e. The molecule has 3 rings (SSSR count). The normalized spacial score (nSPS) is 15.4. The zero-order valence-corrected chi connectivity index (χ0v) is 18.0. The Bertz CT molecular complexity index is 930. The quantitative estimate of drug-likeness (QED) is 0.335. The van der Waals surface area contributed by atoms with Gasteiger partial charge in [0.25, 0.3) is 5.91 Å². The van der Waals surface area contributed by atoms with E-state index in [1.807, 2.05) is 37.3 Å². The first-order chi connectivity index (χ1) is 13.4. The molecule has 1 saturated heterocycles. The first-order valence-electron chi connectivity index (χ1n) is 8.77. The van der Waals surface area contributed by atoms with E-state index in [1.54, 1.807) is 25.3 Å². The van der Waals surface area contributed by atoms with Gasteiger partial charge in [-0.1, -0.05) is 47.7 Å². The third-order valence-electron chi connectivity index (χ3n) is 4.05. The highest BCUT2D eigenvalue weighted by atomic mass is 35.5. The molecule has 28 heavy (non-hydrogen) atoms. The molecular formula is C21H20ClNO3S2. The zero-order chi connectivity index (χ0) is 20.1. The summed E-state index contributed by atoms with van der Waals surface area (Å²) in [5.41, 5.74) is 1.91. The molecule has 7 heteroatoms. The molecule has 1 amide bonds. The van der Waals surface area contributed by atoms with E-state index in [2.05, 4.69) is 0 Å². The van der Waals surface area contributed by atoms with Gasteiger partial charge in [-0.15, -0.1) is 0 Å². The summed E-state index contributed by atoms with van der Waals surface area (Å²) in [6.07, 6.45) is 2.50. The molecule has 1 heterocycles. The Hall–Kier alpha value is -2.02. The zero-order valence-electron chi connectivity index (χ0n) is 15.6. The van der Waals surface area contributed by atoms with E-state index < -0.39 is 0 Å². The summed E-state index contributed by atoms with van der Waals surface area (Å²) in [5.74, 6) is 1.41. The lowest BCUT2D eigenvalue weighted by atomic mass is 10.2. The second-order valence-electron chi connectivity index (χ2n) is 6.29. The highest BCUT2D eigenvalue weighted by Gasteiger charge is 2.28. The fraction of sp³-hybridized carbons (Fsp3) is 0.238. The number of nitrogens with zero attached hydrogens (tertiary/aromatic N) is 1. The smallest absolute Gasteiger partial charge is 0.265 e. The van der Waals surface area contributed by atoms with Crippen molar-refractivity contribution in [1.29, 1.82) is 0 Å². The van der Waals surface area contributed by atoms with Crippen LogP contribution in [0.1, 0.15) is 17.5 Å². The minimum Gasteiger partial charge on any atom is -0.493 e. The van der Waals surface area contributed by atoms with Gasteiger partial charge in [-0.05, 0) is 48.9 Å². The lowest BCUT2D eigenvalue weighted by Gasteiger charge is -2.11. The van der Waals surface area contributed by atoms with E-state index in [0.717, 1.165) is 23.3 Å². The topological polar surface area (TPSA) is 38.8 Å². The van der Waals surface area contributed by atoms with E-state index in [-0.39, 0.29) is 5.91 Å². The number of hydrogen-bond donors (Lipinski definition) is 0. The van der Waals surface area contributed by atoms with Crippen LogP contribution >= 0.6 is 35.6 Å². The van der Waals surface area contributed by atoms with Gasteiger partial charge in [0.2, 0.25) is 0 Å². The van der Waals surface area contributed by atoms with Gasteiger partial charge >= 0.3 is 0 Å². The first-order valence-corrected chi connectivity index (χ1v) is 10.4. The predicted molar refractivity (Wildman–Crippen MR) is 119 cm³/mol. The number of ether oxygens (including phenoxy) is 2. The molecular weight excluding hydrogens is 414 g/mol. The maximum atomic E-state index is 12.2. The van der Waals surface area contributed by atoms with Gasteiger partial charge in [0.15, 0.2) is 0 Å². The average Bonchev–Trinajstić information content (AvgIpc) is 2.90. The van der Waals surface area contributed by atoms with Crippen molar-refractivity contribution < 1.29 is 14.3 Å². The second kappa shape index (κ2) is 9.45. The highest BCUT2D eigenvalue weighted by molar-refractivity contribution is 8.26. The summed E-state index contributed by atoms with van der Waals surface area (Å²) >= 11 is 12.6. The summed E-state index contributed by atoms with van der Waals surface area (Å²) in [6, 6.07) is 13.3. The van der Waals surface area contributed by atoms with E-state index in [9.17, 15) is 4.79 Å². The van der Waals surface area contributed by atoms with Gasteiger partial charge in [-0.25, -0.2) is 0 Å². The number of aryl methyl sites for hydroxylation is 1. The third-order valence-corrected chi connectivity index (χ3v) is 5.77. The Balaban J connectivity index is 1.60. The van der Waals surface area contributed by atoms with Crippen LogP contribution in [0.3, 0.4) is 0 Å². The molecule has 0 atom stereocenters. The lowest BCUT2D eigenvalue weighted by Crippen LogP contribution is -2.22. The molecule has 1 fully saturated rings. The number of thiocarbonyl (C=S) groups is 1. The Morgan fingerprint density at radius 1 is 1.18 bits per heavy atom. The van der Waals surface area contributed by atoms with E-state index in [0.29, 0.717) is 33.2 Å². The van der Waals surface area contributed by atoms with Gasteiger partial charge in [0.1, 0.15) is 15.8 Å². The van der Waals surface area contributed by atoms with E-state index >= 15 is 0 Å². The van der Waals surface area contributed by atoms with Crippen molar-refractivity contribution >= 4 is 51.9 Å². The molecule has 4 nitrogen and oxygen atoms in total. The number of amides is 1. The SMILES string of the molecule is Cc1cccc(OCCCOc2ccc(Cl)cc2C=C2SC(=S)N(C)C2=O)c1. The van der Waals surface area contributed by atoms with Crippen LogP contribution in [0.4, 0.5) is 0 Å². The summed E-state index contributed by atoms with van der Waals surface area (Å²) in [7, 11) is 1.67. The van der Waals surface area contributed by atoms with Crippen LogP contribution in [0.25, 0.3) is 6.08 Å². The maximum absolute atomic E-state index is 12.2. The molecule has 0 spiro atoms. The molecule has 0 N–H and O–H groups in total. The van der Waals surface area contributed by atoms with Gasteiger partial charge in [-0.2, -0.15) is 0 Å². The fourth-order valence-corrected chi connectivity index (χ4v) is 3.94. The van der Waals surface area contributed by atoms with Gasteiger partial charge < -0.3 is 9.47 Å². The fourth-order valence-electron chi connectivity index (χ4n) is 2.59. The summed E-state index contributed by atoms with van der Waals surface area (Å²) < 4.78 is 12.2. The van der Waals surface area contributed by atoms with Crippen molar-refractivity contribution in [2.24, 2.45) is 0 Å². The molecule has 0 saturated carbocycles. The number of rotatable bonds is 7. The Morgan fingerprint density at radius 2 is 1.96 bits per heavy atom. The number of carbonyl (C=O) groups excluding carboxylic acids is 1. The molecule has 0 aliphatic carbocycles. The van der Waals surface area contributed by atoms with Gasteiger partial charge in [-0.3, -0.25) is 9.69 Å². The molecule has 0 bridgehead atoms. The summed E-state index contributed by atoms with van der Waals surface area (Å²) in [5, 5.41) is 0.577. The van der Waals surface area contributed by atoms with Crippen LogP contribution in [0.5, 0.6) is 11.5 Å². The largest absolute Gasteiger partial charge is 0.493 e. The van der Waals surface area contributed by atoms with E-state index in [1.165, 1.54) is 16.7 Å². The Labute approximate surface area is 179 Å². The van der Waals surface area contributed by atoms with Crippen molar-refractivity contribution in [3.63, 3.8) is 0 Å². The molecule has 146 valence electrons. The lowest BCUT2D eigenvalue weighted by molar-refractivity contribution is -0.121. The van der Waals surface area contributed by atoms with Crippen molar-refractivity contribution in [3.8, 4) is 11.5 Å². The number of hydrogen-bond acceptors (Lipinski definition) is 5. The Morgan fingerprint density at radius 3 is 2.68 bits per heavy atom. The monoisotopic (exact) mass is 433 g/mol. The third kappa shape index (κ3) is 5.28. The minimum absolute atomic E-state index is 0.118. The molecule has 1 aliphatic heterocycles. The molecule has 2 aromatic rings. The van der Waals surface area contributed by atoms with Gasteiger partial charge in [0, 0.05) is 24.1 Å². The van der Waals surface area contributed by atoms with Crippen molar-refractivity contribution in [2.45, 2.75) is 13.3 Å². The van der Waals surface area contributed by atoms with Crippen LogP contribution in [-0.4, -0.2) is 35.4 Å². The standard InChI is InChI=1S/C21H20ClNO3S2/c1-14-5-3-6-17(11-14)25-9-4-10-26-18-8-7-16(22)12-15(18)13-19-20(24)23(2)21(27)28-19/h3,5-8,11-13H,4,9-10H2,1-2H3. The molecule has 2 aromatic carbocycles. The predicted octanol–water partition coefficient (Wildman–Crippen LogP) is 5.33. The molecule has 0 aromatic heterocycles. The average molecular weight is 434 g/mol. The van der Waals surface area contributed by atoms with Crippen LogP contribution in [0, 0.1) is 6.92 Å². The van der Waals surface area contributed by atoms with Crippen LogP contribution in [0.15, 0.2) is 47.4 Å². The number of likely N-dealkylation sites (N-methyl/N-ethyl adjacent to an activating group) is 1. The number of carbonyl (C=O) groups is 1. The van der Waals surface area contributed by atoms with Crippen molar-refractivity contribution in [2.75, 3.05) is 20.3 Å². The van der Waals surface area contributed by atoms with E-state index in [4.69, 9.17) is 33.3 Å². The minimum atomic E-state index is -0.118. The van der Waals surface area contributed by atoms with Crippen LogP contribution in [0.2, 0.25) is 5.02 Å². The summed E-state index contributed by atoms with van der Waals surface area (Å²) in [4.78, 5) is 14.2. The van der Waals surface area contributed by atoms with Crippen molar-refractivity contribution in [3.05, 3.63) is 63.5 Å². The first kappa shape index (κ1) is 20.7. The Kier molecular flexibility index (Phi) is 6.99. The number of thioether (sulfide) groups is 1. The highest BCUT2D eigenvalue weighted by Crippen LogP contribution is 2.34. The molecule has 0 unspecified atom stereocenters. The number of halogens is 1. The molecule has 0 radical (unpaired) electrons. The number of benzene rings is 2. The second-order valence-corrected chi connectivity index (χ2v) is 8.40. The van der Waals surface area contributed by atoms with Crippen molar-refractivity contribution in [1.82, 2.24) is 4.90 Å². The van der Waals surface area contributed by atoms with Gasteiger partial charge in [0.05, 0.1) is 18.1 Å². The molecule has 1 aliphatic rings. The summed E-state index contributed by atoms with van der Waals surface area (Å²) in [6.45, 7) is 3.08. The van der Waals surface area contributed by atoms with Crippen LogP contribution < -0.4 is 9.47 Å². The van der Waals surface area contributed by atoms with Crippen LogP contribution in [-0.2, 0) is 4.79 Å².